The third-order valence-electron chi connectivity index (χ3n) is 5.73. The van der Waals surface area contributed by atoms with Crippen LogP contribution in [0.1, 0.15) is 44.4 Å². The second-order valence-electron chi connectivity index (χ2n) is 7.72. The molecule has 3 amide bonds. The number of rotatable bonds is 7. The molecular formula is C21H23ClN4O4. The minimum Gasteiger partial charge on any atom is -0.347 e. The molecule has 1 aliphatic carbocycles. The van der Waals surface area contributed by atoms with E-state index in [2.05, 4.69) is 15.5 Å². The van der Waals surface area contributed by atoms with Crippen molar-refractivity contribution in [1.82, 2.24) is 20.4 Å². The Hall–Kier alpha value is -2.74. The maximum absolute atomic E-state index is 12.4. The third-order valence-corrected chi connectivity index (χ3v) is 5.98. The summed E-state index contributed by atoms with van der Waals surface area (Å²) in [4.78, 5) is 42.6. The highest BCUT2D eigenvalue weighted by Gasteiger charge is 2.47. The van der Waals surface area contributed by atoms with Gasteiger partial charge in [0, 0.05) is 23.6 Å². The molecule has 30 heavy (non-hydrogen) atoms. The number of carbonyl (C=O) groups excluding carboxylic acids is 3. The van der Waals surface area contributed by atoms with E-state index in [4.69, 9.17) is 16.1 Å². The molecule has 2 aromatic rings. The van der Waals surface area contributed by atoms with Crippen LogP contribution in [-0.2, 0) is 20.9 Å². The van der Waals surface area contributed by atoms with Gasteiger partial charge in [-0.1, -0.05) is 29.6 Å². The SMILES string of the molecule is O=C(CCCN1C(=O)C2CCCCC2C1=O)NCc1nc(-c2ccc(Cl)cc2)no1. The topological polar surface area (TPSA) is 105 Å². The van der Waals surface area contributed by atoms with E-state index < -0.39 is 0 Å². The number of hydrogen-bond acceptors (Lipinski definition) is 6. The Morgan fingerprint density at radius 1 is 1.13 bits per heavy atom. The number of aromatic nitrogens is 2. The van der Waals surface area contributed by atoms with E-state index in [9.17, 15) is 14.4 Å². The Labute approximate surface area is 179 Å². The molecule has 4 rings (SSSR count). The van der Waals surface area contributed by atoms with E-state index in [1.807, 2.05) is 0 Å². The van der Waals surface area contributed by atoms with Crippen molar-refractivity contribution in [1.29, 1.82) is 0 Å². The molecule has 1 saturated heterocycles. The van der Waals surface area contributed by atoms with Gasteiger partial charge in [0.1, 0.15) is 0 Å². The standard InChI is InChI=1S/C21H23ClN4O4/c22-14-9-7-13(8-10-14)19-24-18(30-25-19)12-23-17(27)6-3-11-26-20(28)15-4-1-2-5-16(15)21(26)29/h7-10,15-16H,1-6,11-12H2,(H,23,27). The Morgan fingerprint density at radius 2 is 1.80 bits per heavy atom. The number of nitrogens with zero attached hydrogens (tertiary/aromatic N) is 3. The van der Waals surface area contributed by atoms with Crippen molar-refractivity contribution >= 4 is 29.3 Å². The predicted molar refractivity (Wildman–Crippen MR) is 108 cm³/mol. The molecule has 8 nitrogen and oxygen atoms in total. The number of amides is 3. The van der Waals surface area contributed by atoms with Gasteiger partial charge in [0.25, 0.3) is 0 Å². The number of hydrogen-bond donors (Lipinski definition) is 1. The van der Waals surface area contributed by atoms with Gasteiger partial charge in [-0.2, -0.15) is 4.98 Å². The van der Waals surface area contributed by atoms with Crippen LogP contribution in [0.25, 0.3) is 11.4 Å². The minimum atomic E-state index is -0.197. The summed E-state index contributed by atoms with van der Waals surface area (Å²) in [5.74, 6) is 0.0970. The van der Waals surface area contributed by atoms with Gasteiger partial charge < -0.3 is 9.84 Å². The molecule has 2 aliphatic rings. The highest BCUT2D eigenvalue weighted by Crippen LogP contribution is 2.38. The Bertz CT molecular complexity index is 919. The van der Waals surface area contributed by atoms with Crippen molar-refractivity contribution in [3.8, 4) is 11.4 Å². The van der Waals surface area contributed by atoms with Crippen LogP contribution in [-0.4, -0.2) is 39.3 Å². The van der Waals surface area contributed by atoms with Crippen LogP contribution in [0, 0.1) is 11.8 Å². The molecule has 1 aliphatic heterocycles. The first-order valence-electron chi connectivity index (χ1n) is 10.2. The van der Waals surface area contributed by atoms with E-state index in [0.29, 0.717) is 29.7 Å². The fourth-order valence-electron chi connectivity index (χ4n) is 4.15. The first-order valence-corrected chi connectivity index (χ1v) is 10.6. The Kier molecular flexibility index (Phi) is 6.13. The molecule has 158 valence electrons. The lowest BCUT2D eigenvalue weighted by Gasteiger charge is -2.19. The van der Waals surface area contributed by atoms with Crippen LogP contribution >= 0.6 is 11.6 Å². The molecule has 2 unspecified atom stereocenters. The quantitative estimate of drug-likeness (QED) is 0.677. The molecule has 2 atom stereocenters. The minimum absolute atomic E-state index is 0.0642. The average molecular weight is 431 g/mol. The zero-order chi connectivity index (χ0) is 21.1. The lowest BCUT2D eigenvalue weighted by atomic mass is 9.81. The highest BCUT2D eigenvalue weighted by molar-refractivity contribution is 6.30. The fraction of sp³-hybridized carbons (Fsp3) is 0.476. The maximum Gasteiger partial charge on any atom is 0.246 e. The summed E-state index contributed by atoms with van der Waals surface area (Å²) in [6, 6.07) is 7.04. The Morgan fingerprint density at radius 3 is 2.47 bits per heavy atom. The second kappa shape index (κ2) is 8.95. The van der Waals surface area contributed by atoms with Crippen LogP contribution in [0.5, 0.6) is 0 Å². The van der Waals surface area contributed by atoms with Crippen LogP contribution in [0.4, 0.5) is 0 Å². The van der Waals surface area contributed by atoms with Crippen molar-refractivity contribution in [3.05, 3.63) is 35.2 Å². The average Bonchev–Trinajstić information content (AvgIpc) is 3.32. The van der Waals surface area contributed by atoms with Crippen molar-refractivity contribution in [2.24, 2.45) is 11.8 Å². The van der Waals surface area contributed by atoms with Crippen molar-refractivity contribution in [2.45, 2.75) is 45.1 Å². The maximum atomic E-state index is 12.4. The molecule has 2 fully saturated rings. The summed E-state index contributed by atoms with van der Waals surface area (Å²) in [6.07, 6.45) is 4.26. The zero-order valence-corrected chi connectivity index (χ0v) is 17.2. The molecule has 0 bridgehead atoms. The Balaban J connectivity index is 1.22. The summed E-state index contributed by atoms with van der Waals surface area (Å²) in [5, 5.41) is 7.24. The number of likely N-dealkylation sites (tertiary alicyclic amines) is 1. The molecule has 1 saturated carbocycles. The fourth-order valence-corrected chi connectivity index (χ4v) is 4.28. The van der Waals surface area contributed by atoms with Gasteiger partial charge in [0.15, 0.2) is 0 Å². The van der Waals surface area contributed by atoms with Crippen LogP contribution in [0.2, 0.25) is 5.02 Å². The summed E-state index contributed by atoms with van der Waals surface area (Å²) in [7, 11) is 0. The second-order valence-corrected chi connectivity index (χ2v) is 8.16. The lowest BCUT2D eigenvalue weighted by Crippen LogP contribution is -2.33. The first kappa shape index (κ1) is 20.5. The number of imide groups is 1. The summed E-state index contributed by atoms with van der Waals surface area (Å²) < 4.78 is 5.16. The van der Waals surface area contributed by atoms with E-state index in [-0.39, 0.29) is 42.5 Å². The van der Waals surface area contributed by atoms with Gasteiger partial charge in [-0.15, -0.1) is 0 Å². The number of carbonyl (C=O) groups is 3. The van der Waals surface area contributed by atoms with Crippen LogP contribution in [0.3, 0.4) is 0 Å². The van der Waals surface area contributed by atoms with Gasteiger partial charge in [-0.25, -0.2) is 0 Å². The van der Waals surface area contributed by atoms with Crippen molar-refractivity contribution in [2.75, 3.05) is 6.54 Å². The molecule has 1 aromatic carbocycles. The molecule has 0 radical (unpaired) electrons. The van der Waals surface area contributed by atoms with E-state index in [0.717, 1.165) is 31.2 Å². The van der Waals surface area contributed by atoms with Gasteiger partial charge in [-0.3, -0.25) is 19.3 Å². The van der Waals surface area contributed by atoms with Gasteiger partial charge in [0.2, 0.25) is 29.4 Å². The summed E-state index contributed by atoms with van der Waals surface area (Å²) in [5.41, 5.74) is 0.765. The summed E-state index contributed by atoms with van der Waals surface area (Å²) >= 11 is 5.87. The monoisotopic (exact) mass is 430 g/mol. The predicted octanol–water partition coefficient (Wildman–Crippen LogP) is 2.96. The van der Waals surface area contributed by atoms with Crippen LogP contribution < -0.4 is 5.32 Å². The van der Waals surface area contributed by atoms with Crippen molar-refractivity contribution < 1.29 is 18.9 Å². The van der Waals surface area contributed by atoms with Crippen molar-refractivity contribution in [3.63, 3.8) is 0 Å². The molecular weight excluding hydrogens is 408 g/mol. The van der Waals surface area contributed by atoms with Gasteiger partial charge in [0.05, 0.1) is 18.4 Å². The highest BCUT2D eigenvalue weighted by atomic mass is 35.5. The lowest BCUT2D eigenvalue weighted by molar-refractivity contribution is -0.140. The number of fused-ring (bicyclic) bond motifs is 1. The molecule has 2 heterocycles. The zero-order valence-electron chi connectivity index (χ0n) is 16.5. The molecule has 9 heteroatoms. The van der Waals surface area contributed by atoms with Crippen LogP contribution in [0.15, 0.2) is 28.8 Å². The smallest absolute Gasteiger partial charge is 0.246 e. The van der Waals surface area contributed by atoms with Gasteiger partial charge in [-0.05, 0) is 43.5 Å². The molecule has 1 N–H and O–H groups in total. The van der Waals surface area contributed by atoms with E-state index in [1.54, 1.807) is 24.3 Å². The van der Waals surface area contributed by atoms with E-state index >= 15 is 0 Å². The normalized spacial score (nSPS) is 21.0. The first-order chi connectivity index (χ1) is 14.5. The molecule has 0 spiro atoms. The largest absolute Gasteiger partial charge is 0.347 e. The summed E-state index contributed by atoms with van der Waals surface area (Å²) in [6.45, 7) is 0.407. The molecule has 1 aromatic heterocycles. The number of halogens is 1. The number of benzene rings is 1. The van der Waals surface area contributed by atoms with E-state index in [1.165, 1.54) is 4.90 Å². The number of nitrogens with one attached hydrogen (secondary N) is 1. The van der Waals surface area contributed by atoms with Gasteiger partial charge >= 0.3 is 0 Å². The third kappa shape index (κ3) is 4.38.